The maximum atomic E-state index is 12.6. The number of aryl methyl sites for hydroxylation is 1. The summed E-state index contributed by atoms with van der Waals surface area (Å²) in [6.45, 7) is 0.279. The molecule has 1 aromatic carbocycles. The molecule has 2 fully saturated rings. The number of hydrogen-bond donors (Lipinski definition) is 1. The average Bonchev–Trinajstić information content (AvgIpc) is 3.16. The number of benzene rings is 1. The van der Waals surface area contributed by atoms with Crippen molar-refractivity contribution in [2.75, 3.05) is 0 Å². The van der Waals surface area contributed by atoms with E-state index in [0.717, 1.165) is 24.1 Å². The Kier molecular flexibility index (Phi) is 4.00. The third-order valence-electron chi connectivity index (χ3n) is 5.48. The lowest BCUT2D eigenvalue weighted by atomic mass is 9.83. The van der Waals surface area contributed by atoms with Crippen molar-refractivity contribution < 1.29 is 14.6 Å². The standard InChI is InChI=1S/C19H23N3O3/c1-21-17(9-10-20-21)19(24)11-15-7-8-16(12-19)22(15)18(23)25-13-14-5-3-2-4-6-14/h2-6,9-10,15-16,24H,7-8,11-13H2,1H3/t15-,16+,19?. The average molecular weight is 341 g/mol. The first-order valence-electron chi connectivity index (χ1n) is 8.77. The molecule has 2 aliphatic rings. The van der Waals surface area contributed by atoms with E-state index in [1.54, 1.807) is 10.9 Å². The Morgan fingerprint density at radius 2 is 1.92 bits per heavy atom. The van der Waals surface area contributed by atoms with Gasteiger partial charge in [0.05, 0.1) is 5.69 Å². The summed E-state index contributed by atoms with van der Waals surface area (Å²) in [6.07, 6.45) is 4.31. The number of amides is 1. The molecule has 3 atom stereocenters. The van der Waals surface area contributed by atoms with Crippen LogP contribution in [0.4, 0.5) is 4.79 Å². The second-order valence-electron chi connectivity index (χ2n) is 7.11. The molecule has 1 unspecified atom stereocenters. The number of piperidine rings is 1. The first kappa shape index (κ1) is 16.1. The molecule has 2 saturated heterocycles. The van der Waals surface area contributed by atoms with E-state index in [-0.39, 0.29) is 24.8 Å². The third kappa shape index (κ3) is 2.91. The summed E-state index contributed by atoms with van der Waals surface area (Å²) in [6, 6.07) is 11.6. The maximum absolute atomic E-state index is 12.6. The Labute approximate surface area is 147 Å². The van der Waals surface area contributed by atoms with E-state index in [9.17, 15) is 9.90 Å². The lowest BCUT2D eigenvalue weighted by Crippen LogP contribution is -2.52. The largest absolute Gasteiger partial charge is 0.445 e. The number of hydrogen-bond acceptors (Lipinski definition) is 4. The summed E-state index contributed by atoms with van der Waals surface area (Å²) >= 11 is 0. The smallest absolute Gasteiger partial charge is 0.410 e. The van der Waals surface area contributed by atoms with Gasteiger partial charge in [-0.1, -0.05) is 30.3 Å². The van der Waals surface area contributed by atoms with Crippen LogP contribution in [0.1, 0.15) is 36.9 Å². The van der Waals surface area contributed by atoms with Gasteiger partial charge in [0.25, 0.3) is 0 Å². The van der Waals surface area contributed by atoms with E-state index in [4.69, 9.17) is 4.74 Å². The van der Waals surface area contributed by atoms with Crippen molar-refractivity contribution in [3.8, 4) is 0 Å². The molecule has 1 N–H and O–H groups in total. The summed E-state index contributed by atoms with van der Waals surface area (Å²) in [4.78, 5) is 14.4. The highest BCUT2D eigenvalue weighted by atomic mass is 16.6. The molecule has 25 heavy (non-hydrogen) atoms. The zero-order valence-corrected chi connectivity index (χ0v) is 14.3. The summed E-state index contributed by atoms with van der Waals surface area (Å²) in [5.41, 5.74) is 0.876. The summed E-state index contributed by atoms with van der Waals surface area (Å²) in [5, 5.41) is 15.3. The summed E-state index contributed by atoms with van der Waals surface area (Å²) in [5.74, 6) is 0. The number of carbonyl (C=O) groups excluding carboxylic acids is 1. The van der Waals surface area contributed by atoms with Gasteiger partial charge in [0, 0.05) is 38.2 Å². The Hall–Kier alpha value is -2.34. The van der Waals surface area contributed by atoms with Crippen LogP contribution in [0.2, 0.25) is 0 Å². The van der Waals surface area contributed by atoms with Gasteiger partial charge >= 0.3 is 6.09 Å². The molecule has 2 aromatic rings. The number of fused-ring (bicyclic) bond motifs is 2. The van der Waals surface area contributed by atoms with Crippen molar-refractivity contribution >= 4 is 6.09 Å². The van der Waals surface area contributed by atoms with E-state index in [0.29, 0.717) is 12.8 Å². The Balaban J connectivity index is 1.45. The summed E-state index contributed by atoms with van der Waals surface area (Å²) < 4.78 is 7.24. The van der Waals surface area contributed by atoms with E-state index in [1.165, 1.54) is 0 Å². The molecular weight excluding hydrogens is 318 g/mol. The highest BCUT2D eigenvalue weighted by Crippen LogP contribution is 2.45. The van der Waals surface area contributed by atoms with Gasteiger partial charge in [0.2, 0.25) is 0 Å². The molecule has 132 valence electrons. The molecule has 2 bridgehead atoms. The molecule has 1 amide bonds. The van der Waals surface area contributed by atoms with E-state index < -0.39 is 5.60 Å². The van der Waals surface area contributed by atoms with E-state index in [1.807, 2.05) is 48.3 Å². The number of aromatic nitrogens is 2. The van der Waals surface area contributed by atoms with E-state index in [2.05, 4.69) is 5.10 Å². The number of rotatable bonds is 3. The topological polar surface area (TPSA) is 67.6 Å². The lowest BCUT2D eigenvalue weighted by molar-refractivity contribution is -0.0585. The van der Waals surface area contributed by atoms with Gasteiger partial charge in [0.15, 0.2) is 0 Å². The van der Waals surface area contributed by atoms with Crippen LogP contribution in [-0.4, -0.2) is 38.0 Å². The molecule has 6 heteroatoms. The molecular formula is C19H23N3O3. The first-order chi connectivity index (χ1) is 12.1. The molecule has 1 aromatic heterocycles. The van der Waals surface area contributed by atoms with Crippen molar-refractivity contribution in [2.45, 2.75) is 50.0 Å². The zero-order valence-electron chi connectivity index (χ0n) is 14.3. The minimum Gasteiger partial charge on any atom is -0.445 e. The predicted octanol–water partition coefficient (Wildman–Crippen LogP) is 2.57. The number of ether oxygens (including phenoxy) is 1. The minimum absolute atomic E-state index is 0.0157. The fourth-order valence-electron chi connectivity index (χ4n) is 4.36. The molecule has 0 aliphatic carbocycles. The Morgan fingerprint density at radius 3 is 2.52 bits per heavy atom. The summed E-state index contributed by atoms with van der Waals surface area (Å²) in [7, 11) is 1.84. The van der Waals surface area contributed by atoms with Crippen LogP contribution in [0.15, 0.2) is 42.6 Å². The fourth-order valence-corrected chi connectivity index (χ4v) is 4.36. The van der Waals surface area contributed by atoms with Crippen molar-refractivity contribution in [1.82, 2.24) is 14.7 Å². The molecule has 0 saturated carbocycles. The molecule has 0 radical (unpaired) electrons. The second-order valence-corrected chi connectivity index (χ2v) is 7.11. The quantitative estimate of drug-likeness (QED) is 0.932. The van der Waals surface area contributed by atoms with Crippen molar-refractivity contribution in [1.29, 1.82) is 0 Å². The Morgan fingerprint density at radius 1 is 1.24 bits per heavy atom. The van der Waals surface area contributed by atoms with Crippen LogP contribution >= 0.6 is 0 Å². The SMILES string of the molecule is Cn1nccc1C1(O)C[C@H]2CC[C@@H](C1)N2C(=O)OCc1ccccc1. The predicted molar refractivity (Wildman–Crippen MR) is 91.6 cm³/mol. The molecule has 6 nitrogen and oxygen atoms in total. The third-order valence-corrected chi connectivity index (χ3v) is 5.48. The van der Waals surface area contributed by atoms with Crippen LogP contribution in [0.3, 0.4) is 0 Å². The number of nitrogens with zero attached hydrogens (tertiary/aromatic N) is 3. The van der Waals surface area contributed by atoms with Crippen molar-refractivity contribution in [3.05, 3.63) is 53.9 Å². The zero-order chi connectivity index (χ0) is 17.4. The highest BCUT2D eigenvalue weighted by molar-refractivity contribution is 5.69. The van der Waals surface area contributed by atoms with Crippen LogP contribution in [-0.2, 0) is 24.0 Å². The van der Waals surface area contributed by atoms with E-state index >= 15 is 0 Å². The fraction of sp³-hybridized carbons (Fsp3) is 0.474. The molecule has 4 rings (SSSR count). The van der Waals surface area contributed by atoms with Crippen LogP contribution in [0, 0.1) is 0 Å². The minimum atomic E-state index is -0.923. The Bertz CT molecular complexity index is 744. The van der Waals surface area contributed by atoms with Gasteiger partial charge < -0.3 is 14.7 Å². The van der Waals surface area contributed by atoms with Gasteiger partial charge in [0.1, 0.15) is 12.2 Å². The van der Waals surface area contributed by atoms with Gasteiger partial charge in [-0.15, -0.1) is 0 Å². The monoisotopic (exact) mass is 341 g/mol. The second kappa shape index (κ2) is 6.19. The van der Waals surface area contributed by atoms with Crippen molar-refractivity contribution in [2.24, 2.45) is 7.05 Å². The molecule has 2 aliphatic heterocycles. The number of aliphatic hydroxyl groups is 1. The van der Waals surface area contributed by atoms with Gasteiger partial charge in [-0.3, -0.25) is 4.68 Å². The first-order valence-corrected chi connectivity index (χ1v) is 8.77. The van der Waals surface area contributed by atoms with Crippen LogP contribution in [0.5, 0.6) is 0 Å². The molecule has 3 heterocycles. The maximum Gasteiger partial charge on any atom is 0.410 e. The van der Waals surface area contributed by atoms with Crippen LogP contribution in [0.25, 0.3) is 0 Å². The molecule has 0 spiro atoms. The van der Waals surface area contributed by atoms with Crippen LogP contribution < -0.4 is 0 Å². The lowest BCUT2D eigenvalue weighted by Gasteiger charge is -2.43. The van der Waals surface area contributed by atoms with Gasteiger partial charge in [-0.05, 0) is 24.5 Å². The van der Waals surface area contributed by atoms with Crippen molar-refractivity contribution in [3.63, 3.8) is 0 Å². The van der Waals surface area contributed by atoms with Gasteiger partial charge in [-0.2, -0.15) is 5.10 Å². The highest BCUT2D eigenvalue weighted by Gasteiger charge is 2.51. The van der Waals surface area contributed by atoms with Gasteiger partial charge in [-0.25, -0.2) is 4.79 Å². The number of carbonyl (C=O) groups is 1. The normalized spacial score (nSPS) is 28.2.